The van der Waals surface area contributed by atoms with Gasteiger partial charge in [-0.25, -0.2) is 4.79 Å². The van der Waals surface area contributed by atoms with Crippen molar-refractivity contribution in [2.75, 3.05) is 26.7 Å². The summed E-state index contributed by atoms with van der Waals surface area (Å²) in [6.45, 7) is 1.02. The first-order valence-electron chi connectivity index (χ1n) is 3.61. The third-order valence-corrected chi connectivity index (χ3v) is 1.08. The molecule has 0 aromatic heterocycles. The highest BCUT2D eigenvalue weighted by Crippen LogP contribution is 1.62. The number of carbonyl (C=O) groups excluding carboxylic acids is 2. The van der Waals surface area contributed by atoms with Crippen LogP contribution < -0.4 is 21.7 Å². The third kappa shape index (κ3) is 6.81. The molecule has 0 spiro atoms. The van der Waals surface area contributed by atoms with Gasteiger partial charge in [0.2, 0.25) is 5.91 Å². The van der Waals surface area contributed by atoms with Gasteiger partial charge in [-0.05, 0) is 7.05 Å². The molecule has 0 saturated heterocycles. The molecule has 0 aliphatic rings. The van der Waals surface area contributed by atoms with Crippen LogP contribution in [-0.4, -0.2) is 38.6 Å². The minimum atomic E-state index is -0.585. The molecule has 12 heavy (non-hydrogen) atoms. The Morgan fingerprint density at radius 3 is 2.33 bits per heavy atom. The van der Waals surface area contributed by atoms with Crippen LogP contribution in [0.1, 0.15) is 0 Å². The van der Waals surface area contributed by atoms with Gasteiger partial charge in [0, 0.05) is 13.1 Å². The number of nitrogens with two attached hydrogens (primary N) is 1. The lowest BCUT2D eigenvalue weighted by atomic mass is 10.5. The van der Waals surface area contributed by atoms with E-state index < -0.39 is 6.03 Å². The van der Waals surface area contributed by atoms with E-state index in [-0.39, 0.29) is 12.5 Å². The number of hydrogen-bond acceptors (Lipinski definition) is 3. The van der Waals surface area contributed by atoms with E-state index in [9.17, 15) is 9.59 Å². The molecule has 6 heteroatoms. The molecule has 0 aliphatic carbocycles. The van der Waals surface area contributed by atoms with E-state index in [1.807, 2.05) is 0 Å². The molecule has 70 valence electrons. The second kappa shape index (κ2) is 6.41. The van der Waals surface area contributed by atoms with Gasteiger partial charge < -0.3 is 21.7 Å². The molecule has 0 unspecified atom stereocenters. The number of hydrogen-bond donors (Lipinski definition) is 4. The first kappa shape index (κ1) is 10.7. The summed E-state index contributed by atoms with van der Waals surface area (Å²) >= 11 is 0. The highest BCUT2D eigenvalue weighted by Gasteiger charge is 1.96. The molecule has 0 saturated carbocycles. The summed E-state index contributed by atoms with van der Waals surface area (Å²) in [5.74, 6) is -0.108. The third-order valence-electron chi connectivity index (χ3n) is 1.08. The van der Waals surface area contributed by atoms with Crippen molar-refractivity contribution >= 4 is 11.9 Å². The largest absolute Gasteiger partial charge is 0.353 e. The maximum Gasteiger partial charge on any atom is 0.312 e. The van der Waals surface area contributed by atoms with Crippen LogP contribution in [0.5, 0.6) is 0 Å². The average molecular weight is 174 g/mol. The molecule has 3 amide bonds. The molecule has 0 heterocycles. The molecule has 0 rings (SSSR count). The zero-order chi connectivity index (χ0) is 9.40. The number of nitrogens with one attached hydrogen (secondary N) is 3. The van der Waals surface area contributed by atoms with E-state index in [2.05, 4.69) is 16.0 Å². The van der Waals surface area contributed by atoms with Crippen molar-refractivity contribution in [2.45, 2.75) is 0 Å². The maximum atomic E-state index is 10.8. The molecule has 0 atom stereocenters. The number of urea groups is 1. The Hall–Kier alpha value is -1.30. The summed E-state index contributed by atoms with van der Waals surface area (Å²) in [6.07, 6.45) is 0. The zero-order valence-electron chi connectivity index (χ0n) is 7.02. The molecule has 0 bridgehead atoms. The van der Waals surface area contributed by atoms with Gasteiger partial charge in [0.25, 0.3) is 0 Å². The number of carbonyl (C=O) groups is 2. The lowest BCUT2D eigenvalue weighted by molar-refractivity contribution is -0.120. The lowest BCUT2D eigenvalue weighted by Gasteiger charge is -2.04. The molecule has 0 aliphatic heterocycles. The zero-order valence-corrected chi connectivity index (χ0v) is 7.02. The van der Waals surface area contributed by atoms with Gasteiger partial charge in [-0.15, -0.1) is 0 Å². The van der Waals surface area contributed by atoms with Crippen molar-refractivity contribution in [1.29, 1.82) is 0 Å². The van der Waals surface area contributed by atoms with Crippen LogP contribution >= 0.6 is 0 Å². The SMILES string of the molecule is CNCC(=O)NCCNC(N)=O. The van der Waals surface area contributed by atoms with E-state index >= 15 is 0 Å². The quantitative estimate of drug-likeness (QED) is 0.363. The number of likely N-dealkylation sites (N-methyl/N-ethyl adjacent to an activating group) is 1. The van der Waals surface area contributed by atoms with Crippen LogP contribution in [-0.2, 0) is 4.79 Å². The normalized spacial score (nSPS) is 9.08. The van der Waals surface area contributed by atoms with Crippen molar-refractivity contribution < 1.29 is 9.59 Å². The van der Waals surface area contributed by atoms with Gasteiger partial charge in [-0.3, -0.25) is 4.79 Å². The summed E-state index contributed by atoms with van der Waals surface area (Å²) < 4.78 is 0. The lowest BCUT2D eigenvalue weighted by Crippen LogP contribution is -2.39. The Balaban J connectivity index is 3.19. The molecule has 0 radical (unpaired) electrons. The van der Waals surface area contributed by atoms with E-state index in [1.165, 1.54) is 0 Å². The molecule has 5 N–H and O–H groups in total. The molecule has 0 fully saturated rings. The van der Waals surface area contributed by atoms with Gasteiger partial charge in [0.15, 0.2) is 0 Å². The number of rotatable bonds is 5. The van der Waals surface area contributed by atoms with Crippen LogP contribution in [0.25, 0.3) is 0 Å². The number of amides is 3. The summed E-state index contributed by atoms with van der Waals surface area (Å²) in [4.78, 5) is 20.9. The van der Waals surface area contributed by atoms with E-state index in [0.717, 1.165) is 0 Å². The van der Waals surface area contributed by atoms with E-state index in [0.29, 0.717) is 13.1 Å². The fourth-order valence-corrected chi connectivity index (χ4v) is 0.611. The fourth-order valence-electron chi connectivity index (χ4n) is 0.611. The monoisotopic (exact) mass is 174 g/mol. The Morgan fingerprint density at radius 1 is 1.25 bits per heavy atom. The summed E-state index contributed by atoms with van der Waals surface area (Å²) in [5, 5.41) is 7.61. The molecule has 0 aromatic carbocycles. The summed E-state index contributed by atoms with van der Waals surface area (Å²) in [5.41, 5.74) is 4.79. The fraction of sp³-hybridized carbons (Fsp3) is 0.667. The van der Waals surface area contributed by atoms with Gasteiger partial charge in [0.1, 0.15) is 0 Å². The van der Waals surface area contributed by atoms with Crippen molar-refractivity contribution in [3.8, 4) is 0 Å². The van der Waals surface area contributed by atoms with Crippen molar-refractivity contribution in [2.24, 2.45) is 5.73 Å². The minimum Gasteiger partial charge on any atom is -0.353 e. The van der Waals surface area contributed by atoms with Crippen LogP contribution in [0.2, 0.25) is 0 Å². The van der Waals surface area contributed by atoms with Gasteiger partial charge >= 0.3 is 6.03 Å². The second-order valence-electron chi connectivity index (χ2n) is 2.17. The number of primary amides is 1. The molecular formula is C6H14N4O2. The Bertz CT molecular complexity index is 160. The Morgan fingerprint density at radius 2 is 1.83 bits per heavy atom. The average Bonchev–Trinajstić information content (AvgIpc) is 1.98. The highest BCUT2D eigenvalue weighted by atomic mass is 16.2. The van der Waals surface area contributed by atoms with Crippen molar-refractivity contribution in [1.82, 2.24) is 16.0 Å². The van der Waals surface area contributed by atoms with E-state index in [1.54, 1.807) is 7.05 Å². The first-order valence-corrected chi connectivity index (χ1v) is 3.61. The smallest absolute Gasteiger partial charge is 0.312 e. The van der Waals surface area contributed by atoms with Crippen molar-refractivity contribution in [3.05, 3.63) is 0 Å². The first-order chi connectivity index (χ1) is 5.66. The molecule has 0 aromatic rings. The van der Waals surface area contributed by atoms with Gasteiger partial charge in [-0.2, -0.15) is 0 Å². The summed E-state index contributed by atoms with van der Waals surface area (Å²) in [6, 6.07) is -0.585. The minimum absolute atomic E-state index is 0.108. The van der Waals surface area contributed by atoms with Gasteiger partial charge in [-0.1, -0.05) is 0 Å². The van der Waals surface area contributed by atoms with Crippen LogP contribution in [0.3, 0.4) is 0 Å². The predicted molar refractivity (Wildman–Crippen MR) is 44.5 cm³/mol. The Kier molecular flexibility index (Phi) is 5.72. The topological polar surface area (TPSA) is 96.2 Å². The van der Waals surface area contributed by atoms with Crippen LogP contribution in [0.15, 0.2) is 0 Å². The van der Waals surface area contributed by atoms with Crippen LogP contribution in [0.4, 0.5) is 4.79 Å². The summed E-state index contributed by atoms with van der Waals surface area (Å²) in [7, 11) is 1.68. The Labute approximate surface area is 70.9 Å². The predicted octanol–water partition coefficient (Wildman–Crippen LogP) is -2.01. The van der Waals surface area contributed by atoms with E-state index in [4.69, 9.17) is 5.73 Å². The molecule has 6 nitrogen and oxygen atoms in total. The van der Waals surface area contributed by atoms with Crippen LogP contribution in [0, 0.1) is 0 Å². The second-order valence-corrected chi connectivity index (χ2v) is 2.17. The van der Waals surface area contributed by atoms with Crippen molar-refractivity contribution in [3.63, 3.8) is 0 Å². The standard InChI is InChI=1S/C6H14N4O2/c1-8-4-5(11)9-2-3-10-6(7)12/h8H,2-4H2,1H3,(H,9,11)(H3,7,10,12). The highest BCUT2D eigenvalue weighted by molar-refractivity contribution is 5.78. The molecular weight excluding hydrogens is 160 g/mol. The maximum absolute atomic E-state index is 10.8. The van der Waals surface area contributed by atoms with Gasteiger partial charge in [0.05, 0.1) is 6.54 Å².